The van der Waals surface area contributed by atoms with Gasteiger partial charge in [-0.2, -0.15) is 0 Å². The van der Waals surface area contributed by atoms with E-state index in [2.05, 4.69) is 10.3 Å². The molecule has 0 aliphatic carbocycles. The Morgan fingerprint density at radius 3 is 2.67 bits per heavy atom. The number of benzene rings is 2. The van der Waals surface area contributed by atoms with Gasteiger partial charge in [0.2, 0.25) is 0 Å². The van der Waals surface area contributed by atoms with Gasteiger partial charge in [0, 0.05) is 23.5 Å². The van der Waals surface area contributed by atoms with Crippen molar-refractivity contribution in [3.8, 4) is 5.75 Å². The van der Waals surface area contributed by atoms with Crippen molar-refractivity contribution < 1.29 is 23.5 Å². The number of amides is 1. The minimum Gasteiger partial charge on any atom is -0.481 e. The van der Waals surface area contributed by atoms with Gasteiger partial charge in [0.25, 0.3) is 5.91 Å². The molecule has 0 saturated carbocycles. The third kappa shape index (κ3) is 4.44. The standard InChI is InChI=1S/C20H19FN2O4/c1-26-20(25)17(10-13-11-22-16-8-4-2-6-14(13)16)23-19(24)12-27-18-9-5-3-7-15(18)21/h2-9,11,17,22H,10,12H2,1H3,(H,23,24)/t17-/m1/s1. The lowest BCUT2D eigenvalue weighted by Gasteiger charge is -2.16. The molecule has 6 nitrogen and oxygen atoms in total. The topological polar surface area (TPSA) is 80.4 Å². The molecule has 3 rings (SSSR count). The lowest BCUT2D eigenvalue weighted by atomic mass is 10.0. The fourth-order valence-electron chi connectivity index (χ4n) is 2.80. The average molecular weight is 370 g/mol. The Hall–Kier alpha value is -3.35. The maximum atomic E-state index is 13.6. The highest BCUT2D eigenvalue weighted by Gasteiger charge is 2.23. The molecule has 2 aromatic carbocycles. The largest absolute Gasteiger partial charge is 0.481 e. The van der Waals surface area contributed by atoms with Crippen LogP contribution in [0.25, 0.3) is 10.9 Å². The lowest BCUT2D eigenvalue weighted by molar-refractivity contribution is -0.145. The molecule has 0 spiro atoms. The van der Waals surface area contributed by atoms with E-state index in [1.54, 1.807) is 12.3 Å². The van der Waals surface area contributed by atoms with Crippen molar-refractivity contribution >= 4 is 22.8 Å². The van der Waals surface area contributed by atoms with E-state index < -0.39 is 30.3 Å². The highest BCUT2D eigenvalue weighted by atomic mass is 19.1. The number of hydrogen-bond acceptors (Lipinski definition) is 4. The maximum absolute atomic E-state index is 13.6. The number of aromatic nitrogens is 1. The summed E-state index contributed by atoms with van der Waals surface area (Å²) in [4.78, 5) is 27.4. The number of ether oxygens (including phenoxy) is 2. The minimum absolute atomic E-state index is 0.0288. The van der Waals surface area contributed by atoms with E-state index in [-0.39, 0.29) is 12.2 Å². The highest BCUT2D eigenvalue weighted by molar-refractivity contribution is 5.87. The van der Waals surface area contributed by atoms with Crippen LogP contribution in [-0.2, 0) is 20.7 Å². The fourth-order valence-corrected chi connectivity index (χ4v) is 2.80. The van der Waals surface area contributed by atoms with Gasteiger partial charge in [0.05, 0.1) is 7.11 Å². The van der Waals surface area contributed by atoms with Crippen LogP contribution >= 0.6 is 0 Å². The molecule has 0 aliphatic rings. The molecular formula is C20H19FN2O4. The summed E-state index contributed by atoms with van der Waals surface area (Å²) in [5, 5.41) is 3.55. The summed E-state index contributed by atoms with van der Waals surface area (Å²) < 4.78 is 23.5. The second-order valence-electron chi connectivity index (χ2n) is 5.93. The van der Waals surface area contributed by atoms with E-state index >= 15 is 0 Å². The Bertz CT molecular complexity index is 954. The number of methoxy groups -OCH3 is 1. The van der Waals surface area contributed by atoms with E-state index in [1.807, 2.05) is 24.3 Å². The lowest BCUT2D eigenvalue weighted by Crippen LogP contribution is -2.44. The van der Waals surface area contributed by atoms with Gasteiger partial charge in [-0.25, -0.2) is 9.18 Å². The van der Waals surface area contributed by atoms with Gasteiger partial charge < -0.3 is 19.8 Å². The number of carbonyl (C=O) groups excluding carboxylic acids is 2. The number of fused-ring (bicyclic) bond motifs is 1. The number of H-pyrrole nitrogens is 1. The summed E-state index contributed by atoms with van der Waals surface area (Å²) in [6, 6.07) is 12.6. The molecule has 0 fully saturated rings. The number of para-hydroxylation sites is 2. The van der Waals surface area contributed by atoms with Crippen LogP contribution in [0.1, 0.15) is 5.56 Å². The molecule has 2 N–H and O–H groups in total. The van der Waals surface area contributed by atoms with Crippen molar-refractivity contribution in [2.24, 2.45) is 0 Å². The quantitative estimate of drug-likeness (QED) is 0.627. The first-order valence-electron chi connectivity index (χ1n) is 8.38. The van der Waals surface area contributed by atoms with Crippen molar-refractivity contribution in [1.82, 2.24) is 10.3 Å². The molecule has 0 radical (unpaired) electrons. The number of nitrogens with one attached hydrogen (secondary N) is 2. The van der Waals surface area contributed by atoms with Gasteiger partial charge in [-0.3, -0.25) is 4.79 Å². The zero-order chi connectivity index (χ0) is 19.2. The van der Waals surface area contributed by atoms with Crippen LogP contribution in [-0.4, -0.2) is 36.6 Å². The molecule has 27 heavy (non-hydrogen) atoms. The molecule has 0 unspecified atom stereocenters. The Morgan fingerprint density at radius 1 is 1.15 bits per heavy atom. The van der Waals surface area contributed by atoms with Gasteiger partial charge in [-0.1, -0.05) is 30.3 Å². The van der Waals surface area contributed by atoms with Crippen molar-refractivity contribution in [3.05, 3.63) is 66.1 Å². The third-order valence-corrected chi connectivity index (χ3v) is 4.12. The average Bonchev–Trinajstić information content (AvgIpc) is 3.09. The Labute approximate surface area is 155 Å². The SMILES string of the molecule is COC(=O)[C@@H](Cc1c[nH]c2ccccc12)NC(=O)COc1ccccc1F. The molecule has 0 saturated heterocycles. The van der Waals surface area contributed by atoms with Crippen LogP contribution in [0.3, 0.4) is 0 Å². The molecule has 1 atom stereocenters. The molecule has 140 valence electrons. The second kappa shape index (κ2) is 8.35. The Balaban J connectivity index is 1.67. The van der Waals surface area contributed by atoms with Crippen LogP contribution in [0.15, 0.2) is 54.7 Å². The molecule has 0 bridgehead atoms. The summed E-state index contributed by atoms with van der Waals surface area (Å²) in [6.45, 7) is -0.414. The molecule has 7 heteroatoms. The van der Waals surface area contributed by atoms with Crippen molar-refractivity contribution in [3.63, 3.8) is 0 Å². The van der Waals surface area contributed by atoms with Gasteiger partial charge in [0.15, 0.2) is 18.2 Å². The summed E-state index contributed by atoms with van der Waals surface area (Å²) in [5.74, 6) is -1.71. The Morgan fingerprint density at radius 2 is 1.89 bits per heavy atom. The monoisotopic (exact) mass is 370 g/mol. The molecule has 1 aromatic heterocycles. The molecule has 0 aliphatic heterocycles. The fraction of sp³-hybridized carbons (Fsp3) is 0.200. The van der Waals surface area contributed by atoms with Crippen molar-refractivity contribution in [1.29, 1.82) is 0 Å². The maximum Gasteiger partial charge on any atom is 0.328 e. The first-order valence-corrected chi connectivity index (χ1v) is 8.38. The van der Waals surface area contributed by atoms with Crippen LogP contribution in [0.2, 0.25) is 0 Å². The number of rotatable bonds is 7. The highest BCUT2D eigenvalue weighted by Crippen LogP contribution is 2.19. The third-order valence-electron chi connectivity index (χ3n) is 4.12. The number of carbonyl (C=O) groups is 2. The van der Waals surface area contributed by atoms with Crippen LogP contribution in [0, 0.1) is 5.82 Å². The molecule has 1 amide bonds. The van der Waals surface area contributed by atoms with E-state index in [0.717, 1.165) is 16.5 Å². The van der Waals surface area contributed by atoms with E-state index in [4.69, 9.17) is 9.47 Å². The van der Waals surface area contributed by atoms with Crippen molar-refractivity contribution in [2.45, 2.75) is 12.5 Å². The number of hydrogen-bond donors (Lipinski definition) is 2. The van der Waals surface area contributed by atoms with Gasteiger partial charge >= 0.3 is 5.97 Å². The first kappa shape index (κ1) is 18.4. The minimum atomic E-state index is -0.883. The Kier molecular flexibility index (Phi) is 5.71. The summed E-state index contributed by atoms with van der Waals surface area (Å²) in [5.41, 5.74) is 1.81. The van der Waals surface area contributed by atoms with E-state index in [9.17, 15) is 14.0 Å². The number of aromatic amines is 1. The normalized spacial score (nSPS) is 11.8. The van der Waals surface area contributed by atoms with Crippen molar-refractivity contribution in [2.75, 3.05) is 13.7 Å². The second-order valence-corrected chi connectivity index (χ2v) is 5.93. The van der Waals surface area contributed by atoms with Gasteiger partial charge in [0.1, 0.15) is 6.04 Å². The summed E-state index contributed by atoms with van der Waals surface area (Å²) in [6.07, 6.45) is 2.05. The molecule has 1 heterocycles. The van der Waals surface area contributed by atoms with E-state index in [1.165, 1.54) is 25.3 Å². The van der Waals surface area contributed by atoms with Crippen LogP contribution in [0.5, 0.6) is 5.75 Å². The smallest absolute Gasteiger partial charge is 0.328 e. The molecular weight excluding hydrogens is 351 g/mol. The van der Waals surface area contributed by atoms with Gasteiger partial charge in [-0.05, 0) is 23.8 Å². The number of esters is 1. The molecule has 3 aromatic rings. The van der Waals surface area contributed by atoms with Gasteiger partial charge in [-0.15, -0.1) is 0 Å². The zero-order valence-corrected chi connectivity index (χ0v) is 14.7. The van der Waals surface area contributed by atoms with Crippen LogP contribution in [0.4, 0.5) is 4.39 Å². The predicted octanol–water partition coefficient (Wildman–Crippen LogP) is 2.59. The summed E-state index contributed by atoms with van der Waals surface area (Å²) >= 11 is 0. The van der Waals surface area contributed by atoms with Crippen LogP contribution < -0.4 is 10.1 Å². The first-order chi connectivity index (χ1) is 13.1. The summed E-state index contributed by atoms with van der Waals surface area (Å²) in [7, 11) is 1.26. The predicted molar refractivity (Wildman–Crippen MR) is 97.8 cm³/mol. The van der Waals surface area contributed by atoms with E-state index in [0.29, 0.717) is 0 Å². The number of halogens is 1. The zero-order valence-electron chi connectivity index (χ0n) is 14.7.